The van der Waals surface area contributed by atoms with E-state index in [9.17, 15) is 41.7 Å². The van der Waals surface area contributed by atoms with E-state index in [1.54, 1.807) is 18.5 Å². The van der Waals surface area contributed by atoms with Crippen LogP contribution in [-0.2, 0) is 43.7 Å². The van der Waals surface area contributed by atoms with Crippen LogP contribution in [-0.4, -0.2) is 81.8 Å². The van der Waals surface area contributed by atoms with Gasteiger partial charge in [0.2, 0.25) is 17.7 Å². The Hall–Kier alpha value is -5.03. The van der Waals surface area contributed by atoms with Gasteiger partial charge in [-0.15, -0.1) is 5.06 Å². The highest BCUT2D eigenvalue weighted by atomic mass is 32.2. The predicted molar refractivity (Wildman–Crippen MR) is 162 cm³/mol. The normalized spacial score (nSPS) is 13.9. The average molecular weight is 657 g/mol. The third-order valence-corrected chi connectivity index (χ3v) is 7.65. The fraction of sp³-hybridized carbons (Fsp3) is 0.379. The number of anilines is 1. The molecule has 1 atom stereocenters. The summed E-state index contributed by atoms with van der Waals surface area (Å²) in [5.74, 6) is -5.06. The molecule has 0 radical (unpaired) electrons. The number of nitrogens with one attached hydrogen (secondary N) is 3. The monoisotopic (exact) mass is 656 g/mol. The van der Waals surface area contributed by atoms with Gasteiger partial charge in [-0.1, -0.05) is 12.1 Å². The van der Waals surface area contributed by atoms with Crippen LogP contribution in [0.3, 0.4) is 0 Å². The van der Waals surface area contributed by atoms with Crippen LogP contribution in [0.5, 0.6) is 0 Å². The number of rotatable bonds is 15. The van der Waals surface area contributed by atoms with Crippen molar-refractivity contribution >= 4 is 73.1 Å². The van der Waals surface area contributed by atoms with Crippen molar-refractivity contribution in [2.45, 2.75) is 57.4 Å². The van der Waals surface area contributed by atoms with Crippen LogP contribution >= 0.6 is 0 Å². The van der Waals surface area contributed by atoms with Gasteiger partial charge in [-0.3, -0.25) is 38.5 Å². The highest BCUT2D eigenvalue weighted by Gasteiger charge is 2.32. The number of hydrogen-bond acceptors (Lipinski definition) is 11. The van der Waals surface area contributed by atoms with Crippen LogP contribution < -0.4 is 16.0 Å². The summed E-state index contributed by atoms with van der Waals surface area (Å²) >= 11 is 0. The number of hydroxylamine groups is 2. The number of carbonyl (C=O) groups is 6. The maximum Gasteiger partial charge on any atom is 0.333 e. The van der Waals surface area contributed by atoms with Crippen molar-refractivity contribution in [3.8, 4) is 0 Å². The zero-order valence-corrected chi connectivity index (χ0v) is 25.4. The first kappa shape index (κ1) is 33.9. The van der Waals surface area contributed by atoms with Gasteiger partial charge in [0.15, 0.2) is 0 Å². The number of unbranched alkanes of at least 4 members (excludes halogenated alkanes) is 1. The maximum absolute atomic E-state index is 12.6. The molecule has 1 aliphatic heterocycles. The number of pyridine rings is 2. The summed E-state index contributed by atoms with van der Waals surface area (Å²) in [6, 6.07) is 7.44. The minimum absolute atomic E-state index is 0.0126. The summed E-state index contributed by atoms with van der Waals surface area (Å²) in [5, 5.41) is 9.51. The Balaban J connectivity index is 1.20. The zero-order valence-electron chi connectivity index (χ0n) is 24.6. The molecule has 0 saturated carbocycles. The quantitative estimate of drug-likeness (QED) is 0.0781. The maximum atomic E-state index is 12.6. The first-order valence-corrected chi connectivity index (χ1v) is 16.0. The van der Waals surface area contributed by atoms with Gasteiger partial charge in [-0.2, -0.15) is 8.42 Å². The van der Waals surface area contributed by atoms with Crippen LogP contribution in [0.2, 0.25) is 0 Å². The molecular weight excluding hydrogens is 624 g/mol. The molecule has 244 valence electrons. The van der Waals surface area contributed by atoms with E-state index in [1.165, 1.54) is 0 Å². The van der Waals surface area contributed by atoms with Gasteiger partial charge in [-0.25, -0.2) is 4.79 Å². The minimum atomic E-state index is -4.65. The van der Waals surface area contributed by atoms with Crippen LogP contribution in [0.4, 0.5) is 5.69 Å². The largest absolute Gasteiger partial charge is 0.354 e. The van der Waals surface area contributed by atoms with Crippen molar-refractivity contribution in [1.29, 1.82) is 0 Å². The molecule has 5 amide bonds. The van der Waals surface area contributed by atoms with E-state index in [0.29, 0.717) is 27.2 Å². The predicted octanol–water partition coefficient (Wildman–Crippen LogP) is 1.16. The summed E-state index contributed by atoms with van der Waals surface area (Å²) in [6.07, 6.45) is 3.24. The molecule has 3 heterocycles. The Bertz CT molecular complexity index is 1760. The first-order chi connectivity index (χ1) is 21.9. The molecule has 1 unspecified atom stereocenters. The van der Waals surface area contributed by atoms with Crippen molar-refractivity contribution in [3.63, 3.8) is 0 Å². The summed E-state index contributed by atoms with van der Waals surface area (Å²) in [7, 11) is -4.65. The lowest BCUT2D eigenvalue weighted by Gasteiger charge is -2.17. The van der Waals surface area contributed by atoms with E-state index in [-0.39, 0.29) is 63.8 Å². The van der Waals surface area contributed by atoms with E-state index in [4.69, 9.17) is 4.84 Å². The van der Waals surface area contributed by atoms with Gasteiger partial charge in [-0.05, 0) is 37.5 Å². The van der Waals surface area contributed by atoms with E-state index in [1.807, 2.05) is 24.3 Å². The molecule has 0 spiro atoms. The van der Waals surface area contributed by atoms with Crippen molar-refractivity contribution in [2.24, 2.45) is 0 Å². The Morgan fingerprint density at radius 1 is 0.891 bits per heavy atom. The lowest BCUT2D eigenvalue weighted by Crippen LogP contribution is -2.50. The Labute approximate surface area is 263 Å². The van der Waals surface area contributed by atoms with E-state index < -0.39 is 51.5 Å². The molecule has 1 fully saturated rings. The summed E-state index contributed by atoms with van der Waals surface area (Å²) in [6.45, 7) is -0.0126. The van der Waals surface area contributed by atoms with Crippen molar-refractivity contribution < 1.29 is 46.6 Å². The lowest BCUT2D eigenvalue weighted by molar-refractivity contribution is -0.197. The third kappa shape index (κ3) is 9.48. The molecule has 1 aromatic carbocycles. The molecule has 2 aromatic heterocycles. The van der Waals surface area contributed by atoms with Gasteiger partial charge in [0.1, 0.15) is 11.8 Å². The fourth-order valence-electron chi connectivity index (χ4n) is 4.68. The lowest BCUT2D eigenvalue weighted by atomic mass is 10.1. The second-order valence-corrected chi connectivity index (χ2v) is 12.0. The number of nitrogens with zero attached hydrogens (tertiary/aromatic N) is 3. The molecule has 0 aliphatic carbocycles. The topological polar surface area (TPSA) is 231 Å². The SMILES string of the molecule is O=C(CCCC(=O)NC(CS(=O)(=O)O)C(=O)NCCCCC(=O)ON1C(=O)CCC1=O)Nc1ccnc2c1ccc1cccnc12. The Kier molecular flexibility index (Phi) is 11.3. The molecule has 4 rings (SSSR count). The van der Waals surface area contributed by atoms with Gasteiger partial charge >= 0.3 is 5.97 Å². The summed E-state index contributed by atoms with van der Waals surface area (Å²) < 4.78 is 32.2. The van der Waals surface area contributed by atoms with Gasteiger partial charge < -0.3 is 20.8 Å². The number of carbonyl (C=O) groups excluding carboxylic acids is 6. The smallest absolute Gasteiger partial charge is 0.333 e. The minimum Gasteiger partial charge on any atom is -0.354 e. The second kappa shape index (κ2) is 15.3. The van der Waals surface area contributed by atoms with Crippen LogP contribution in [0.15, 0.2) is 42.7 Å². The molecular formula is C29H32N6O10S. The van der Waals surface area contributed by atoms with Gasteiger partial charge in [0, 0.05) is 61.8 Å². The number of fused-ring (bicyclic) bond motifs is 3. The highest BCUT2D eigenvalue weighted by Crippen LogP contribution is 2.27. The molecule has 1 aliphatic rings. The zero-order chi connectivity index (χ0) is 33.3. The number of imide groups is 1. The van der Waals surface area contributed by atoms with Crippen LogP contribution in [0.1, 0.15) is 51.4 Å². The third-order valence-electron chi connectivity index (χ3n) is 6.90. The molecule has 46 heavy (non-hydrogen) atoms. The van der Waals surface area contributed by atoms with Crippen molar-refractivity contribution in [1.82, 2.24) is 25.7 Å². The summed E-state index contributed by atoms with van der Waals surface area (Å²) in [4.78, 5) is 86.1. The number of aromatic nitrogens is 2. The molecule has 17 heteroatoms. The van der Waals surface area contributed by atoms with Gasteiger partial charge in [0.25, 0.3) is 21.9 Å². The highest BCUT2D eigenvalue weighted by molar-refractivity contribution is 7.85. The van der Waals surface area contributed by atoms with Gasteiger partial charge in [0.05, 0.1) is 16.7 Å². The molecule has 16 nitrogen and oxygen atoms in total. The molecule has 4 N–H and O–H groups in total. The fourth-order valence-corrected chi connectivity index (χ4v) is 5.34. The molecule has 3 aromatic rings. The standard InChI is InChI=1S/C29H32N6O10S/c36-22(33-20-13-16-31-28-19(20)10-9-18-5-4-15-30-27(18)28)6-3-7-23(37)34-21(17-46(42,43)44)29(41)32-14-2-1-8-26(40)45-35-24(38)11-12-25(35)39/h4-5,9-10,13,15-16,21H,1-3,6-8,11-12,14,17H2,(H,32,41)(H,34,37)(H,31,33,36)(H,42,43,44). The van der Waals surface area contributed by atoms with Crippen molar-refractivity contribution in [2.75, 3.05) is 17.6 Å². The number of benzene rings is 1. The Morgan fingerprint density at radius 3 is 2.35 bits per heavy atom. The first-order valence-electron chi connectivity index (χ1n) is 14.4. The number of amides is 5. The second-order valence-electron chi connectivity index (χ2n) is 10.5. The Morgan fingerprint density at radius 2 is 1.61 bits per heavy atom. The van der Waals surface area contributed by atoms with E-state index in [0.717, 1.165) is 5.39 Å². The number of hydrogen-bond donors (Lipinski definition) is 4. The van der Waals surface area contributed by atoms with E-state index in [2.05, 4.69) is 25.9 Å². The molecule has 0 bridgehead atoms. The molecule has 1 saturated heterocycles. The average Bonchev–Trinajstić information content (AvgIpc) is 3.32. The van der Waals surface area contributed by atoms with Crippen LogP contribution in [0.25, 0.3) is 21.8 Å². The summed E-state index contributed by atoms with van der Waals surface area (Å²) in [5.41, 5.74) is 1.82. The van der Waals surface area contributed by atoms with Crippen molar-refractivity contribution in [3.05, 3.63) is 42.7 Å². The van der Waals surface area contributed by atoms with E-state index >= 15 is 0 Å². The van der Waals surface area contributed by atoms with Crippen LogP contribution in [0, 0.1) is 0 Å².